The number of hydrogen-bond acceptors (Lipinski definition) is 5. The highest BCUT2D eigenvalue weighted by Gasteiger charge is 2.38. The molecule has 18 heavy (non-hydrogen) atoms. The Labute approximate surface area is 107 Å². The lowest BCUT2D eigenvalue weighted by Crippen LogP contribution is -2.34. The lowest BCUT2D eigenvalue weighted by atomic mass is 9.98. The Morgan fingerprint density at radius 1 is 1.56 bits per heavy atom. The van der Waals surface area contributed by atoms with E-state index in [-0.39, 0.29) is 5.54 Å². The first-order valence-electron chi connectivity index (χ1n) is 6.06. The summed E-state index contributed by atoms with van der Waals surface area (Å²) in [5.41, 5.74) is 6.41. The van der Waals surface area contributed by atoms with Gasteiger partial charge in [-0.25, -0.2) is 9.78 Å². The number of aromatic nitrogens is 1. The van der Waals surface area contributed by atoms with Gasteiger partial charge in [-0.2, -0.15) is 0 Å². The Morgan fingerprint density at radius 2 is 2.22 bits per heavy atom. The van der Waals surface area contributed by atoms with Gasteiger partial charge in [0.25, 0.3) is 0 Å². The second-order valence-electron chi connectivity index (χ2n) is 5.28. The number of ether oxygens (including phenoxy) is 1. The highest BCUT2D eigenvalue weighted by Crippen LogP contribution is 2.41. The van der Waals surface area contributed by atoms with Crippen molar-refractivity contribution in [3.05, 3.63) is 17.8 Å². The zero-order chi connectivity index (χ0) is 13.3. The number of pyridine rings is 1. The van der Waals surface area contributed by atoms with E-state index in [0.29, 0.717) is 23.0 Å². The van der Waals surface area contributed by atoms with Gasteiger partial charge in [-0.15, -0.1) is 0 Å². The molecular formula is C13H19N3O2. The van der Waals surface area contributed by atoms with Crippen LogP contribution < -0.4 is 11.1 Å². The van der Waals surface area contributed by atoms with E-state index in [4.69, 9.17) is 10.5 Å². The largest absolute Gasteiger partial charge is 0.465 e. The minimum atomic E-state index is -0.427. The topological polar surface area (TPSA) is 77.2 Å². The zero-order valence-electron chi connectivity index (χ0n) is 11.0. The summed E-state index contributed by atoms with van der Waals surface area (Å²) in [6, 6.07) is 1.59. The van der Waals surface area contributed by atoms with Crippen LogP contribution in [0.3, 0.4) is 0 Å². The van der Waals surface area contributed by atoms with E-state index in [1.807, 2.05) is 0 Å². The third-order valence-electron chi connectivity index (χ3n) is 3.35. The molecule has 0 atom stereocenters. The molecule has 1 saturated carbocycles. The summed E-state index contributed by atoms with van der Waals surface area (Å²) in [6.07, 6.45) is 3.96. The summed E-state index contributed by atoms with van der Waals surface area (Å²) >= 11 is 0. The Kier molecular flexibility index (Phi) is 3.15. The molecule has 0 radical (unpaired) electrons. The van der Waals surface area contributed by atoms with Crippen molar-refractivity contribution in [2.45, 2.75) is 32.2 Å². The second-order valence-corrected chi connectivity index (χ2v) is 5.28. The molecule has 0 spiro atoms. The summed E-state index contributed by atoms with van der Waals surface area (Å²) in [7, 11) is 1.35. The van der Waals surface area contributed by atoms with Crippen LogP contribution in [0.1, 0.15) is 37.0 Å². The average Bonchev–Trinajstić information content (AvgIpc) is 3.14. The highest BCUT2D eigenvalue weighted by atomic mass is 16.5. The van der Waals surface area contributed by atoms with Gasteiger partial charge < -0.3 is 15.8 Å². The molecule has 1 heterocycles. The number of nitrogens with zero attached hydrogens (tertiary/aromatic N) is 1. The Morgan fingerprint density at radius 3 is 2.78 bits per heavy atom. The summed E-state index contributed by atoms with van der Waals surface area (Å²) in [5.74, 6) is 0.735. The number of nitrogen functional groups attached to an aromatic ring is 1. The van der Waals surface area contributed by atoms with Crippen LogP contribution in [-0.2, 0) is 4.74 Å². The molecule has 3 N–H and O–H groups in total. The molecule has 0 bridgehead atoms. The second kappa shape index (κ2) is 4.48. The molecule has 0 aromatic carbocycles. The van der Waals surface area contributed by atoms with Crippen molar-refractivity contribution in [3.8, 4) is 0 Å². The monoisotopic (exact) mass is 249 g/mol. The smallest absolute Gasteiger partial charge is 0.341 e. The predicted octanol–water partition coefficient (Wildman–Crippen LogP) is 2.05. The van der Waals surface area contributed by atoms with Gasteiger partial charge in [0.1, 0.15) is 11.4 Å². The van der Waals surface area contributed by atoms with Crippen LogP contribution in [0, 0.1) is 5.92 Å². The number of esters is 1. The summed E-state index contributed by atoms with van der Waals surface area (Å²) in [6.45, 7) is 4.23. The number of anilines is 2. The fraction of sp³-hybridized carbons (Fsp3) is 0.538. The molecule has 0 unspecified atom stereocenters. The van der Waals surface area contributed by atoms with E-state index in [0.717, 1.165) is 0 Å². The van der Waals surface area contributed by atoms with Gasteiger partial charge in [0.05, 0.1) is 19.0 Å². The molecule has 1 aliphatic carbocycles. The van der Waals surface area contributed by atoms with Crippen molar-refractivity contribution in [3.63, 3.8) is 0 Å². The third kappa shape index (κ3) is 2.55. The molecule has 0 saturated heterocycles. The van der Waals surface area contributed by atoms with Crippen molar-refractivity contribution in [1.29, 1.82) is 0 Å². The minimum Gasteiger partial charge on any atom is -0.465 e. The first-order valence-corrected chi connectivity index (χ1v) is 6.06. The lowest BCUT2D eigenvalue weighted by Gasteiger charge is -2.27. The molecule has 1 fully saturated rings. The van der Waals surface area contributed by atoms with E-state index in [2.05, 4.69) is 24.1 Å². The van der Waals surface area contributed by atoms with Crippen LogP contribution in [0.2, 0.25) is 0 Å². The molecule has 1 aromatic heterocycles. The van der Waals surface area contributed by atoms with Gasteiger partial charge in [0.15, 0.2) is 0 Å². The summed E-state index contributed by atoms with van der Waals surface area (Å²) < 4.78 is 4.75. The quantitative estimate of drug-likeness (QED) is 0.798. The number of carbonyl (C=O) groups excluding carboxylic acids is 1. The predicted molar refractivity (Wildman–Crippen MR) is 70.4 cm³/mol. The van der Waals surface area contributed by atoms with Gasteiger partial charge in [-0.1, -0.05) is 0 Å². The first-order chi connectivity index (χ1) is 8.44. The lowest BCUT2D eigenvalue weighted by molar-refractivity contribution is 0.0601. The van der Waals surface area contributed by atoms with Gasteiger partial charge in [0.2, 0.25) is 0 Å². The average molecular weight is 249 g/mol. The normalized spacial score (nSPS) is 15.3. The summed E-state index contributed by atoms with van der Waals surface area (Å²) in [5, 5.41) is 3.32. The van der Waals surface area contributed by atoms with Crippen LogP contribution in [0.25, 0.3) is 0 Å². The molecule has 5 heteroatoms. The number of nitrogens with one attached hydrogen (secondary N) is 1. The number of nitrogens with two attached hydrogens (primary N) is 1. The SMILES string of the molecule is COC(=O)c1cc(N)cnc1NC(C)(C)C1CC1. The molecule has 2 rings (SSSR count). The maximum Gasteiger partial charge on any atom is 0.341 e. The molecule has 0 aliphatic heterocycles. The standard InChI is InChI=1S/C13H19N3O2/c1-13(2,8-4-5-8)16-11-10(12(17)18-3)6-9(14)7-15-11/h6-8H,4-5,14H2,1-3H3,(H,15,16). The van der Waals surface area contributed by atoms with Gasteiger partial charge in [-0.05, 0) is 38.7 Å². The fourth-order valence-electron chi connectivity index (χ4n) is 2.06. The van der Waals surface area contributed by atoms with E-state index in [9.17, 15) is 4.79 Å². The number of hydrogen-bond donors (Lipinski definition) is 2. The highest BCUT2D eigenvalue weighted by molar-refractivity contribution is 5.95. The number of methoxy groups -OCH3 is 1. The summed E-state index contributed by atoms with van der Waals surface area (Å²) in [4.78, 5) is 15.9. The van der Waals surface area contributed by atoms with E-state index < -0.39 is 5.97 Å². The van der Waals surface area contributed by atoms with Crippen LogP contribution in [0.15, 0.2) is 12.3 Å². The molecule has 0 amide bonds. The molecule has 5 nitrogen and oxygen atoms in total. The van der Waals surface area contributed by atoms with Crippen LogP contribution in [-0.4, -0.2) is 23.6 Å². The first kappa shape index (κ1) is 12.7. The fourth-order valence-corrected chi connectivity index (χ4v) is 2.06. The minimum absolute atomic E-state index is 0.0775. The van der Waals surface area contributed by atoms with Crippen LogP contribution >= 0.6 is 0 Å². The molecule has 98 valence electrons. The van der Waals surface area contributed by atoms with E-state index in [1.54, 1.807) is 6.07 Å². The molecule has 1 aromatic rings. The van der Waals surface area contributed by atoms with Crippen molar-refractivity contribution in [2.24, 2.45) is 5.92 Å². The van der Waals surface area contributed by atoms with Crippen molar-refractivity contribution < 1.29 is 9.53 Å². The number of carbonyl (C=O) groups is 1. The maximum atomic E-state index is 11.7. The van der Waals surface area contributed by atoms with E-state index in [1.165, 1.54) is 26.1 Å². The van der Waals surface area contributed by atoms with Crippen LogP contribution in [0.4, 0.5) is 11.5 Å². The third-order valence-corrected chi connectivity index (χ3v) is 3.35. The molecule has 1 aliphatic rings. The van der Waals surface area contributed by atoms with Crippen molar-refractivity contribution in [2.75, 3.05) is 18.2 Å². The van der Waals surface area contributed by atoms with Crippen molar-refractivity contribution >= 4 is 17.5 Å². The van der Waals surface area contributed by atoms with Crippen molar-refractivity contribution in [1.82, 2.24) is 4.98 Å². The maximum absolute atomic E-state index is 11.7. The number of rotatable bonds is 4. The van der Waals surface area contributed by atoms with Gasteiger partial charge in [0, 0.05) is 5.54 Å². The Bertz CT molecular complexity index is 467. The Hall–Kier alpha value is -1.78. The molecular weight excluding hydrogens is 230 g/mol. The Balaban J connectivity index is 2.29. The van der Waals surface area contributed by atoms with Gasteiger partial charge >= 0.3 is 5.97 Å². The van der Waals surface area contributed by atoms with Gasteiger partial charge in [-0.3, -0.25) is 0 Å². The van der Waals surface area contributed by atoms with E-state index >= 15 is 0 Å². The van der Waals surface area contributed by atoms with Crippen LogP contribution in [0.5, 0.6) is 0 Å². The zero-order valence-corrected chi connectivity index (χ0v) is 11.0.